The molecule has 1 saturated carbocycles. The largest absolute Gasteiger partial charge is 0.314 e. The van der Waals surface area contributed by atoms with Gasteiger partial charge in [0.05, 0.1) is 0 Å². The number of rotatable bonds is 3. The molecule has 1 aromatic heterocycles. The van der Waals surface area contributed by atoms with E-state index in [1.165, 1.54) is 19.3 Å². The molecule has 0 radical (unpaired) electrons. The highest BCUT2D eigenvalue weighted by atomic mass is 32.1. The van der Waals surface area contributed by atoms with Crippen LogP contribution in [0.15, 0.2) is 17.5 Å². The van der Waals surface area contributed by atoms with Crippen LogP contribution in [0.25, 0.3) is 0 Å². The van der Waals surface area contributed by atoms with Crippen LogP contribution < -0.4 is 5.32 Å². The summed E-state index contributed by atoms with van der Waals surface area (Å²) in [6.45, 7) is 5.71. The maximum atomic E-state index is 3.57. The zero-order chi connectivity index (χ0) is 10.0. The van der Waals surface area contributed by atoms with Gasteiger partial charge in [-0.15, -0.1) is 11.3 Å². The van der Waals surface area contributed by atoms with Crippen LogP contribution in [0.3, 0.4) is 0 Å². The van der Waals surface area contributed by atoms with Crippen LogP contribution in [0.5, 0.6) is 0 Å². The Hall–Kier alpha value is -0.340. The molecule has 0 aromatic carbocycles. The first kappa shape index (κ1) is 10.2. The average molecular weight is 209 g/mol. The minimum atomic E-state index is 0.445. The molecule has 1 aliphatic rings. The zero-order valence-corrected chi connectivity index (χ0v) is 9.86. The lowest BCUT2D eigenvalue weighted by atomic mass is 9.87. The summed E-state index contributed by atoms with van der Waals surface area (Å²) in [7, 11) is 0. The van der Waals surface area contributed by atoms with Crippen LogP contribution in [0.1, 0.15) is 38.0 Å². The molecule has 1 N–H and O–H groups in total. The van der Waals surface area contributed by atoms with E-state index in [1.54, 1.807) is 4.88 Å². The van der Waals surface area contributed by atoms with Gasteiger partial charge in [0.15, 0.2) is 0 Å². The molecule has 2 heteroatoms. The molecule has 14 heavy (non-hydrogen) atoms. The van der Waals surface area contributed by atoms with Gasteiger partial charge < -0.3 is 5.32 Å². The summed E-state index contributed by atoms with van der Waals surface area (Å²) >= 11 is 1.91. The molecule has 2 rings (SSSR count). The van der Waals surface area contributed by atoms with Gasteiger partial charge in [0, 0.05) is 16.3 Å². The molecule has 0 aliphatic heterocycles. The number of hydrogen-bond acceptors (Lipinski definition) is 2. The van der Waals surface area contributed by atoms with Gasteiger partial charge in [-0.25, -0.2) is 0 Å². The Bertz CT molecular complexity index is 281. The summed E-state index contributed by atoms with van der Waals surface area (Å²) in [5.74, 6) is 0. The van der Waals surface area contributed by atoms with Gasteiger partial charge in [-0.05, 0) is 37.3 Å². The molecule has 0 spiro atoms. The van der Waals surface area contributed by atoms with Crippen LogP contribution in [0.4, 0.5) is 0 Å². The first-order valence-corrected chi connectivity index (χ1v) is 6.40. The summed E-state index contributed by atoms with van der Waals surface area (Å²) < 4.78 is 0. The van der Waals surface area contributed by atoms with Gasteiger partial charge in [-0.2, -0.15) is 0 Å². The fourth-order valence-corrected chi connectivity index (χ4v) is 3.48. The predicted molar refractivity (Wildman–Crippen MR) is 63.0 cm³/mol. The van der Waals surface area contributed by atoms with Crippen molar-refractivity contribution in [2.45, 2.75) is 44.6 Å². The highest BCUT2D eigenvalue weighted by molar-refractivity contribution is 7.10. The third kappa shape index (κ3) is 1.86. The second kappa shape index (κ2) is 4.03. The van der Waals surface area contributed by atoms with E-state index in [1.807, 2.05) is 11.3 Å². The Labute approximate surface area is 90.5 Å². The van der Waals surface area contributed by atoms with Crippen molar-refractivity contribution in [1.82, 2.24) is 5.32 Å². The van der Waals surface area contributed by atoms with Gasteiger partial charge in [0.2, 0.25) is 0 Å². The quantitative estimate of drug-likeness (QED) is 0.806. The lowest BCUT2D eigenvalue weighted by Crippen LogP contribution is -2.28. The molecule has 1 nitrogen and oxygen atoms in total. The summed E-state index contributed by atoms with van der Waals surface area (Å²) in [6, 6.07) is 5.21. The van der Waals surface area contributed by atoms with Crippen molar-refractivity contribution >= 4 is 11.3 Å². The number of hydrogen-bond donors (Lipinski definition) is 1. The minimum absolute atomic E-state index is 0.445. The fourth-order valence-electron chi connectivity index (χ4n) is 2.55. The van der Waals surface area contributed by atoms with Gasteiger partial charge in [-0.1, -0.05) is 19.9 Å². The molecule has 2 unspecified atom stereocenters. The monoisotopic (exact) mass is 209 g/mol. The Morgan fingerprint density at radius 1 is 1.64 bits per heavy atom. The number of thiophene rings is 1. The van der Waals surface area contributed by atoms with Crippen LogP contribution >= 0.6 is 11.3 Å². The normalized spacial score (nSPS) is 32.3. The van der Waals surface area contributed by atoms with Gasteiger partial charge >= 0.3 is 0 Å². The number of nitrogens with one attached hydrogen (secondary N) is 1. The van der Waals surface area contributed by atoms with E-state index >= 15 is 0 Å². The Balaban J connectivity index is 2.06. The molecule has 1 heterocycles. The maximum Gasteiger partial charge on any atom is 0.0105 e. The predicted octanol–water partition coefficient (Wildman–Crippen LogP) is 3.17. The molecule has 1 fully saturated rings. The summed E-state index contributed by atoms with van der Waals surface area (Å²) in [6.07, 6.45) is 3.98. The second-order valence-electron chi connectivity index (χ2n) is 4.54. The summed E-state index contributed by atoms with van der Waals surface area (Å²) in [4.78, 5) is 1.57. The third-order valence-electron chi connectivity index (χ3n) is 3.35. The first-order valence-electron chi connectivity index (χ1n) is 5.52. The fraction of sp³-hybridized carbons (Fsp3) is 0.667. The van der Waals surface area contributed by atoms with Crippen molar-refractivity contribution in [2.75, 3.05) is 6.54 Å². The Morgan fingerprint density at radius 2 is 2.50 bits per heavy atom. The summed E-state index contributed by atoms with van der Waals surface area (Å²) in [5.41, 5.74) is 0.445. The standard InChI is InChI=1S/C12H19NS/c1-3-13-10-6-7-12(2,9-10)11-5-4-8-14-11/h4-5,8,10,13H,3,6-7,9H2,1-2H3. The minimum Gasteiger partial charge on any atom is -0.314 e. The van der Waals surface area contributed by atoms with Crippen molar-refractivity contribution in [2.24, 2.45) is 0 Å². The Morgan fingerprint density at radius 3 is 3.14 bits per heavy atom. The molecule has 0 saturated heterocycles. The van der Waals surface area contributed by atoms with E-state index in [0.29, 0.717) is 5.41 Å². The molecular weight excluding hydrogens is 190 g/mol. The third-order valence-corrected chi connectivity index (χ3v) is 4.53. The zero-order valence-electron chi connectivity index (χ0n) is 9.05. The average Bonchev–Trinajstić information content (AvgIpc) is 2.75. The van der Waals surface area contributed by atoms with E-state index in [2.05, 4.69) is 36.7 Å². The smallest absolute Gasteiger partial charge is 0.0105 e. The molecule has 0 bridgehead atoms. The first-order chi connectivity index (χ1) is 6.74. The SMILES string of the molecule is CCNC1CCC(C)(c2cccs2)C1. The second-order valence-corrected chi connectivity index (χ2v) is 5.48. The molecule has 1 aliphatic carbocycles. The van der Waals surface area contributed by atoms with Crippen molar-refractivity contribution in [3.05, 3.63) is 22.4 Å². The van der Waals surface area contributed by atoms with E-state index in [9.17, 15) is 0 Å². The van der Waals surface area contributed by atoms with Crippen molar-refractivity contribution in [1.29, 1.82) is 0 Å². The van der Waals surface area contributed by atoms with E-state index in [4.69, 9.17) is 0 Å². The highest BCUT2D eigenvalue weighted by Crippen LogP contribution is 2.42. The van der Waals surface area contributed by atoms with E-state index in [-0.39, 0.29) is 0 Å². The van der Waals surface area contributed by atoms with Gasteiger partial charge in [-0.3, -0.25) is 0 Å². The van der Waals surface area contributed by atoms with Crippen LogP contribution in [-0.2, 0) is 5.41 Å². The molecular formula is C12H19NS. The maximum absolute atomic E-state index is 3.57. The van der Waals surface area contributed by atoms with Crippen molar-refractivity contribution in [3.63, 3.8) is 0 Å². The van der Waals surface area contributed by atoms with Crippen molar-refractivity contribution < 1.29 is 0 Å². The van der Waals surface area contributed by atoms with Gasteiger partial charge in [0.1, 0.15) is 0 Å². The lowest BCUT2D eigenvalue weighted by Gasteiger charge is -2.22. The van der Waals surface area contributed by atoms with E-state index in [0.717, 1.165) is 12.6 Å². The van der Waals surface area contributed by atoms with Gasteiger partial charge in [0.25, 0.3) is 0 Å². The molecule has 1 aromatic rings. The van der Waals surface area contributed by atoms with E-state index < -0.39 is 0 Å². The van der Waals surface area contributed by atoms with Crippen molar-refractivity contribution in [3.8, 4) is 0 Å². The van der Waals surface area contributed by atoms with Crippen LogP contribution in [-0.4, -0.2) is 12.6 Å². The Kier molecular flexibility index (Phi) is 2.93. The topological polar surface area (TPSA) is 12.0 Å². The summed E-state index contributed by atoms with van der Waals surface area (Å²) in [5, 5.41) is 5.76. The highest BCUT2D eigenvalue weighted by Gasteiger charge is 2.36. The molecule has 2 atom stereocenters. The van der Waals surface area contributed by atoms with Crippen LogP contribution in [0, 0.1) is 0 Å². The molecule has 78 valence electrons. The van der Waals surface area contributed by atoms with Crippen LogP contribution in [0.2, 0.25) is 0 Å². The lowest BCUT2D eigenvalue weighted by molar-refractivity contribution is 0.465. The molecule has 0 amide bonds.